The number of halogens is 1. The Kier molecular flexibility index (Phi) is 5.04. The summed E-state index contributed by atoms with van der Waals surface area (Å²) in [6.07, 6.45) is 0. The van der Waals surface area contributed by atoms with E-state index in [0.29, 0.717) is 27.8 Å². The molecule has 1 aromatic heterocycles. The van der Waals surface area contributed by atoms with Gasteiger partial charge in [-0.15, -0.1) is 23.7 Å². The molecule has 4 nitrogen and oxygen atoms in total. The van der Waals surface area contributed by atoms with Crippen molar-refractivity contribution in [2.75, 3.05) is 26.2 Å². The van der Waals surface area contributed by atoms with Crippen LogP contribution in [0.25, 0.3) is 0 Å². The van der Waals surface area contributed by atoms with Gasteiger partial charge in [0.05, 0.1) is 10.4 Å². The number of fused-ring (bicyclic) bond motifs is 1. The number of amides is 1. The first-order valence-corrected chi connectivity index (χ1v) is 8.79. The number of hydrogen-bond donors (Lipinski definition) is 1. The molecule has 0 unspecified atom stereocenters. The van der Waals surface area contributed by atoms with E-state index in [1.54, 1.807) is 18.2 Å². The predicted octanol–water partition coefficient (Wildman–Crippen LogP) is 2.69. The van der Waals surface area contributed by atoms with Crippen molar-refractivity contribution in [3.8, 4) is 0 Å². The van der Waals surface area contributed by atoms with Gasteiger partial charge in [-0.1, -0.05) is 24.3 Å². The number of likely N-dealkylation sites (tertiary alicyclic amines) is 1. The Labute approximate surface area is 151 Å². The van der Waals surface area contributed by atoms with E-state index in [1.165, 1.54) is 11.3 Å². The molecule has 0 bridgehead atoms. The van der Waals surface area contributed by atoms with Crippen LogP contribution in [0.1, 0.15) is 25.6 Å². The standard InChI is InChI=1S/C18H18N2O2S.ClH/c21-17(16-6-3-7-23-16)14-4-1-2-5-15(14)18(22)20-10-12-8-19-9-13(12)11-20;/h1-7,12-13,19H,8-11H2;1H/t12-,13+;. The van der Waals surface area contributed by atoms with Crippen molar-refractivity contribution in [2.24, 2.45) is 11.8 Å². The van der Waals surface area contributed by atoms with Gasteiger partial charge in [-0.25, -0.2) is 0 Å². The summed E-state index contributed by atoms with van der Waals surface area (Å²) >= 11 is 1.41. The summed E-state index contributed by atoms with van der Waals surface area (Å²) in [6, 6.07) is 10.8. The molecule has 24 heavy (non-hydrogen) atoms. The van der Waals surface area contributed by atoms with Crippen molar-refractivity contribution in [3.63, 3.8) is 0 Å². The highest BCUT2D eigenvalue weighted by Crippen LogP contribution is 2.28. The third kappa shape index (κ3) is 2.99. The van der Waals surface area contributed by atoms with Crippen molar-refractivity contribution in [3.05, 3.63) is 57.8 Å². The zero-order valence-corrected chi connectivity index (χ0v) is 14.7. The van der Waals surface area contributed by atoms with E-state index in [0.717, 1.165) is 26.2 Å². The van der Waals surface area contributed by atoms with E-state index in [9.17, 15) is 9.59 Å². The van der Waals surface area contributed by atoms with Crippen molar-refractivity contribution >= 4 is 35.4 Å². The van der Waals surface area contributed by atoms with E-state index in [-0.39, 0.29) is 24.1 Å². The molecule has 2 aliphatic rings. The largest absolute Gasteiger partial charge is 0.338 e. The Balaban J connectivity index is 0.00000169. The molecule has 1 N–H and O–H groups in total. The van der Waals surface area contributed by atoms with Crippen LogP contribution in [0.15, 0.2) is 41.8 Å². The molecule has 2 aromatic rings. The molecule has 2 fully saturated rings. The number of hydrogen-bond acceptors (Lipinski definition) is 4. The van der Waals surface area contributed by atoms with Gasteiger partial charge in [0.25, 0.3) is 5.91 Å². The van der Waals surface area contributed by atoms with Gasteiger partial charge >= 0.3 is 0 Å². The fraction of sp³-hybridized carbons (Fsp3) is 0.333. The average Bonchev–Trinajstić information content (AvgIpc) is 3.29. The van der Waals surface area contributed by atoms with E-state index < -0.39 is 0 Å². The van der Waals surface area contributed by atoms with Crippen molar-refractivity contribution in [1.82, 2.24) is 10.2 Å². The zero-order chi connectivity index (χ0) is 15.8. The van der Waals surface area contributed by atoms with Gasteiger partial charge in [-0.05, 0) is 29.3 Å². The van der Waals surface area contributed by atoms with E-state index in [1.807, 2.05) is 28.5 Å². The van der Waals surface area contributed by atoms with Crippen LogP contribution in [0.3, 0.4) is 0 Å². The Bertz CT molecular complexity index is 735. The number of ketones is 1. The molecular formula is C18H19ClN2O2S. The van der Waals surface area contributed by atoms with Gasteiger partial charge in [0, 0.05) is 31.7 Å². The first kappa shape index (κ1) is 17.1. The summed E-state index contributed by atoms with van der Waals surface area (Å²) < 4.78 is 0. The number of nitrogens with zero attached hydrogens (tertiary/aromatic N) is 1. The molecule has 2 atom stereocenters. The summed E-state index contributed by atoms with van der Waals surface area (Å²) in [7, 11) is 0. The number of carbonyl (C=O) groups is 2. The van der Waals surface area contributed by atoms with Crippen LogP contribution in [-0.2, 0) is 0 Å². The third-order valence-electron chi connectivity index (χ3n) is 4.82. The zero-order valence-electron chi connectivity index (χ0n) is 13.1. The lowest BCUT2D eigenvalue weighted by Crippen LogP contribution is -2.32. The minimum atomic E-state index is -0.0648. The molecule has 1 amide bonds. The quantitative estimate of drug-likeness (QED) is 0.854. The fourth-order valence-corrected chi connectivity index (χ4v) is 4.28. The second-order valence-electron chi connectivity index (χ2n) is 6.24. The summed E-state index contributed by atoms with van der Waals surface area (Å²) in [5, 5.41) is 5.26. The van der Waals surface area contributed by atoms with Crippen LogP contribution in [-0.4, -0.2) is 42.8 Å². The highest BCUT2D eigenvalue weighted by molar-refractivity contribution is 7.12. The van der Waals surface area contributed by atoms with Crippen LogP contribution in [0.2, 0.25) is 0 Å². The van der Waals surface area contributed by atoms with Crippen molar-refractivity contribution < 1.29 is 9.59 Å². The summed E-state index contributed by atoms with van der Waals surface area (Å²) in [5.41, 5.74) is 1.04. The number of benzene rings is 1. The maximum Gasteiger partial charge on any atom is 0.254 e. The first-order valence-electron chi connectivity index (χ1n) is 7.91. The van der Waals surface area contributed by atoms with Crippen molar-refractivity contribution in [2.45, 2.75) is 0 Å². The van der Waals surface area contributed by atoms with Crippen LogP contribution >= 0.6 is 23.7 Å². The van der Waals surface area contributed by atoms with Gasteiger partial charge in [-0.2, -0.15) is 0 Å². The van der Waals surface area contributed by atoms with Gasteiger partial charge in [0.15, 0.2) is 0 Å². The number of rotatable bonds is 3. The Morgan fingerprint density at radius 1 is 1.00 bits per heavy atom. The van der Waals surface area contributed by atoms with Crippen LogP contribution in [0.5, 0.6) is 0 Å². The molecule has 0 aliphatic carbocycles. The summed E-state index contributed by atoms with van der Waals surface area (Å²) in [5.74, 6) is 1.03. The topological polar surface area (TPSA) is 49.4 Å². The highest BCUT2D eigenvalue weighted by Gasteiger charge is 2.38. The molecular weight excluding hydrogens is 344 g/mol. The monoisotopic (exact) mass is 362 g/mol. The Morgan fingerprint density at radius 2 is 1.67 bits per heavy atom. The second kappa shape index (κ2) is 7.05. The molecule has 0 saturated carbocycles. The molecule has 4 rings (SSSR count). The van der Waals surface area contributed by atoms with Gasteiger partial charge in [0.2, 0.25) is 5.78 Å². The molecule has 2 saturated heterocycles. The molecule has 2 aliphatic heterocycles. The molecule has 0 radical (unpaired) electrons. The maximum atomic E-state index is 12.9. The smallest absolute Gasteiger partial charge is 0.254 e. The predicted molar refractivity (Wildman–Crippen MR) is 97.2 cm³/mol. The molecule has 0 spiro atoms. The van der Waals surface area contributed by atoms with E-state index >= 15 is 0 Å². The van der Waals surface area contributed by atoms with Gasteiger partial charge in [0.1, 0.15) is 0 Å². The number of thiophene rings is 1. The lowest BCUT2D eigenvalue weighted by Gasteiger charge is -2.19. The minimum absolute atomic E-state index is 0. The van der Waals surface area contributed by atoms with Crippen LogP contribution in [0.4, 0.5) is 0 Å². The SMILES string of the molecule is Cl.O=C(c1cccs1)c1ccccc1C(=O)N1C[C@H]2CNC[C@H]2C1. The minimum Gasteiger partial charge on any atom is -0.338 e. The first-order chi connectivity index (χ1) is 11.2. The Hall–Kier alpha value is -1.69. The summed E-state index contributed by atoms with van der Waals surface area (Å²) in [4.78, 5) is 28.2. The molecule has 6 heteroatoms. The number of nitrogens with one attached hydrogen (secondary N) is 1. The normalized spacial score (nSPS) is 22.1. The fourth-order valence-electron chi connectivity index (χ4n) is 3.60. The van der Waals surface area contributed by atoms with Gasteiger partial charge in [-0.3, -0.25) is 9.59 Å². The maximum absolute atomic E-state index is 12.9. The van der Waals surface area contributed by atoms with Crippen LogP contribution < -0.4 is 5.32 Å². The summed E-state index contributed by atoms with van der Waals surface area (Å²) in [6.45, 7) is 3.56. The third-order valence-corrected chi connectivity index (χ3v) is 5.69. The van der Waals surface area contributed by atoms with Crippen molar-refractivity contribution in [1.29, 1.82) is 0 Å². The molecule has 1 aromatic carbocycles. The average molecular weight is 363 g/mol. The number of carbonyl (C=O) groups excluding carboxylic acids is 2. The molecule has 3 heterocycles. The second-order valence-corrected chi connectivity index (χ2v) is 7.19. The van der Waals surface area contributed by atoms with Crippen LogP contribution in [0, 0.1) is 11.8 Å². The molecule has 126 valence electrons. The highest BCUT2D eigenvalue weighted by atomic mass is 35.5. The lowest BCUT2D eigenvalue weighted by molar-refractivity contribution is 0.0777. The van der Waals surface area contributed by atoms with E-state index in [2.05, 4.69) is 5.32 Å². The Morgan fingerprint density at radius 3 is 2.29 bits per heavy atom. The van der Waals surface area contributed by atoms with E-state index in [4.69, 9.17) is 0 Å². The lowest BCUT2D eigenvalue weighted by atomic mass is 10.0. The van der Waals surface area contributed by atoms with Gasteiger partial charge < -0.3 is 10.2 Å².